The molecular weight excluding hydrogens is 877 g/mol. The minimum atomic E-state index is -1.29. The van der Waals surface area contributed by atoms with Gasteiger partial charge in [-0.25, -0.2) is 4.98 Å². The fraction of sp³-hybridized carbons (Fsp3) is 0.435. The van der Waals surface area contributed by atoms with Crippen LogP contribution in [0.25, 0.3) is 10.9 Å². The van der Waals surface area contributed by atoms with E-state index < -0.39 is 84.0 Å². The Morgan fingerprint density at radius 3 is 2.06 bits per heavy atom. The predicted octanol–water partition coefficient (Wildman–Crippen LogP) is -0.649. The zero-order valence-electron chi connectivity index (χ0n) is 39.0. The maximum Gasteiger partial charge on any atom is 0.243 e. The SMILES string of the molecule is CC.CC(=O)NC1CCC(=O)NCCCC(C(N)=O)NC(=O)[C@H](Cc2c[nH]c3ccccc23)NC(=O)CNC(=O)C(Cc2ccccc2)NC(=O)[C@H](Cc2cnc[nH]2)NC1=O.CCCN=C(N)N. The Labute approximate surface area is 395 Å². The number of aromatic nitrogens is 3. The number of para-hydroxylation sites is 1. The number of nitrogens with one attached hydrogen (secondary N) is 9. The minimum Gasteiger partial charge on any atom is -0.370 e. The summed E-state index contributed by atoms with van der Waals surface area (Å²) in [4.78, 5) is 120. The fourth-order valence-electron chi connectivity index (χ4n) is 6.91. The Morgan fingerprint density at radius 1 is 0.750 bits per heavy atom. The van der Waals surface area contributed by atoms with Crippen molar-refractivity contribution in [1.82, 2.24) is 52.2 Å². The maximum absolute atomic E-state index is 14.0. The lowest BCUT2D eigenvalue weighted by molar-refractivity contribution is -0.134. The van der Waals surface area contributed by atoms with E-state index in [1.54, 1.807) is 36.5 Å². The molecule has 0 spiro atoms. The monoisotopic (exact) mass is 943 g/mol. The van der Waals surface area contributed by atoms with Crippen LogP contribution in [0.3, 0.4) is 0 Å². The Kier molecular flexibility index (Phi) is 23.3. The molecule has 5 rings (SSSR count). The number of imidazole rings is 1. The van der Waals surface area contributed by atoms with E-state index in [4.69, 9.17) is 17.2 Å². The summed E-state index contributed by atoms with van der Waals surface area (Å²) in [6.07, 6.45) is 5.42. The molecule has 2 aromatic carbocycles. The van der Waals surface area contributed by atoms with Crippen LogP contribution < -0.4 is 54.4 Å². The number of amides is 8. The lowest BCUT2D eigenvalue weighted by Gasteiger charge is -2.25. The van der Waals surface area contributed by atoms with Crippen LogP contribution in [0.5, 0.6) is 0 Å². The first-order chi connectivity index (χ1) is 32.6. The average molecular weight is 943 g/mol. The summed E-state index contributed by atoms with van der Waals surface area (Å²) in [6, 6.07) is 10.0. The van der Waals surface area contributed by atoms with Crippen molar-refractivity contribution in [3.8, 4) is 0 Å². The first kappa shape index (κ1) is 54.6. The second kappa shape index (κ2) is 29.0. The molecule has 15 N–H and O–H groups in total. The highest BCUT2D eigenvalue weighted by atomic mass is 16.2. The van der Waals surface area contributed by atoms with Crippen molar-refractivity contribution >= 4 is 64.1 Å². The summed E-state index contributed by atoms with van der Waals surface area (Å²) in [5, 5.41) is 19.2. The summed E-state index contributed by atoms with van der Waals surface area (Å²) in [7, 11) is 0. The summed E-state index contributed by atoms with van der Waals surface area (Å²) < 4.78 is 0. The molecule has 1 saturated heterocycles. The maximum atomic E-state index is 14.0. The first-order valence-electron chi connectivity index (χ1n) is 22.6. The Morgan fingerprint density at radius 2 is 1.41 bits per heavy atom. The third-order valence-electron chi connectivity index (χ3n) is 10.2. The van der Waals surface area contributed by atoms with Gasteiger partial charge < -0.3 is 64.4 Å². The topological polar surface area (TPSA) is 356 Å². The van der Waals surface area contributed by atoms with E-state index in [9.17, 15) is 38.4 Å². The van der Waals surface area contributed by atoms with Crippen LogP contribution in [0.1, 0.15) is 76.6 Å². The van der Waals surface area contributed by atoms with Crippen LogP contribution in [0.4, 0.5) is 0 Å². The number of nitrogens with zero attached hydrogens (tertiary/aromatic N) is 2. The molecule has 0 saturated carbocycles. The van der Waals surface area contributed by atoms with Gasteiger partial charge >= 0.3 is 0 Å². The van der Waals surface area contributed by atoms with Gasteiger partial charge in [-0.1, -0.05) is 69.3 Å². The average Bonchev–Trinajstić information content (AvgIpc) is 4.00. The normalized spacial score (nSPS) is 20.1. The van der Waals surface area contributed by atoms with E-state index >= 15 is 0 Å². The Balaban J connectivity index is 0.00000124. The molecular formula is C46H66N14O8. The molecule has 0 aliphatic carbocycles. The lowest BCUT2D eigenvalue weighted by Crippen LogP contribution is -2.58. The van der Waals surface area contributed by atoms with Crippen molar-refractivity contribution in [3.63, 3.8) is 0 Å². The molecule has 2 aromatic heterocycles. The number of aliphatic imine (C=N–C) groups is 1. The Hall–Kier alpha value is -7.78. The number of hydrogen-bond donors (Lipinski definition) is 12. The molecule has 3 unspecified atom stereocenters. The second-order valence-electron chi connectivity index (χ2n) is 15.5. The molecule has 8 amide bonds. The third-order valence-corrected chi connectivity index (χ3v) is 10.2. The standard InChI is InChI=1S/C40H49N11O8.C4H11N3.C2H6/c1-23(52)47-30-13-14-34(53)43-15-7-12-29(36(41)55)49-39(58)32(17-25-19-44-28-11-6-5-10-27(25)28)48-35(54)21-45-37(56)31(16-24-8-3-2-4-9-24)50-40(59)33(51-38(30)57)18-26-20-42-22-46-26;1-2-3-7-4(5)6;1-2/h2-6,8-11,19-20,22,29-33,44H,7,12-18,21H2,1H3,(H2,41,55)(H,42,46)(H,43,53)(H,45,56)(H,47,52)(H,48,54)(H,49,58)(H,50,59)(H,51,57);2-3H2,1H3,(H4,5,6,7);1-2H3/t29?,30?,31?,32-,33-;;/m0../s1. The molecule has 368 valence electrons. The van der Waals surface area contributed by atoms with Crippen molar-refractivity contribution in [1.29, 1.82) is 0 Å². The van der Waals surface area contributed by atoms with Crippen LogP contribution in [-0.4, -0.2) is 118 Å². The van der Waals surface area contributed by atoms with Crippen molar-refractivity contribution in [2.24, 2.45) is 22.2 Å². The van der Waals surface area contributed by atoms with Crippen molar-refractivity contribution < 1.29 is 38.4 Å². The molecule has 4 aromatic rings. The summed E-state index contributed by atoms with van der Waals surface area (Å²) >= 11 is 0. The molecule has 0 bridgehead atoms. The fourth-order valence-corrected chi connectivity index (χ4v) is 6.91. The van der Waals surface area contributed by atoms with Crippen LogP contribution in [0.15, 0.2) is 78.3 Å². The molecule has 5 atom stereocenters. The summed E-state index contributed by atoms with van der Waals surface area (Å²) in [6.45, 7) is 7.46. The second-order valence-corrected chi connectivity index (χ2v) is 15.5. The minimum absolute atomic E-state index is 0.00547. The van der Waals surface area contributed by atoms with Gasteiger partial charge in [-0.15, -0.1) is 0 Å². The molecule has 1 fully saturated rings. The highest BCUT2D eigenvalue weighted by Crippen LogP contribution is 2.19. The number of aromatic amines is 2. The molecule has 68 heavy (non-hydrogen) atoms. The number of H-pyrrole nitrogens is 2. The number of primary amides is 1. The number of carbonyl (C=O) groups is 8. The van der Waals surface area contributed by atoms with Gasteiger partial charge in [-0.2, -0.15) is 0 Å². The van der Waals surface area contributed by atoms with E-state index in [2.05, 4.69) is 57.2 Å². The van der Waals surface area contributed by atoms with E-state index in [-0.39, 0.29) is 57.5 Å². The predicted molar refractivity (Wildman–Crippen MR) is 256 cm³/mol. The van der Waals surface area contributed by atoms with Gasteiger partial charge in [0.2, 0.25) is 47.3 Å². The quantitative estimate of drug-likeness (QED) is 0.0700. The van der Waals surface area contributed by atoms with Crippen molar-refractivity contribution in [2.75, 3.05) is 19.6 Å². The molecule has 0 radical (unpaired) electrons. The number of fused-ring (bicyclic) bond motifs is 1. The van der Waals surface area contributed by atoms with Gasteiger partial charge in [0.25, 0.3) is 0 Å². The third kappa shape index (κ3) is 19.0. The van der Waals surface area contributed by atoms with E-state index in [1.807, 2.05) is 45.0 Å². The van der Waals surface area contributed by atoms with Gasteiger partial charge in [-0.3, -0.25) is 43.3 Å². The van der Waals surface area contributed by atoms with Crippen LogP contribution in [0, 0.1) is 0 Å². The number of rotatable bonds is 10. The van der Waals surface area contributed by atoms with Gasteiger partial charge in [0, 0.05) is 74.7 Å². The number of hydrogen-bond acceptors (Lipinski definition) is 10. The van der Waals surface area contributed by atoms with E-state index in [0.29, 0.717) is 16.8 Å². The van der Waals surface area contributed by atoms with Gasteiger partial charge in [-0.05, 0) is 42.9 Å². The highest BCUT2D eigenvalue weighted by Gasteiger charge is 2.32. The first-order valence-corrected chi connectivity index (χ1v) is 22.6. The number of guanidine groups is 1. The summed E-state index contributed by atoms with van der Waals surface area (Å²) in [5.74, 6) is -5.37. The lowest BCUT2D eigenvalue weighted by atomic mass is 10.0. The summed E-state index contributed by atoms with van der Waals surface area (Å²) in [5.41, 5.74) is 18.3. The number of carbonyl (C=O) groups excluding carboxylic acids is 8. The van der Waals surface area contributed by atoms with Crippen LogP contribution >= 0.6 is 0 Å². The number of nitrogens with two attached hydrogens (primary N) is 3. The van der Waals surface area contributed by atoms with Gasteiger partial charge in [0.1, 0.15) is 30.2 Å². The van der Waals surface area contributed by atoms with E-state index in [1.165, 1.54) is 19.4 Å². The zero-order valence-corrected chi connectivity index (χ0v) is 39.0. The highest BCUT2D eigenvalue weighted by molar-refractivity contribution is 5.97. The van der Waals surface area contributed by atoms with E-state index in [0.717, 1.165) is 23.9 Å². The van der Waals surface area contributed by atoms with Crippen LogP contribution in [0.2, 0.25) is 0 Å². The molecule has 1 aliphatic rings. The van der Waals surface area contributed by atoms with Crippen molar-refractivity contribution in [3.05, 3.63) is 90.1 Å². The number of benzene rings is 2. The smallest absolute Gasteiger partial charge is 0.243 e. The molecule has 3 heterocycles. The van der Waals surface area contributed by atoms with Crippen molar-refractivity contribution in [2.45, 2.75) is 109 Å². The largest absolute Gasteiger partial charge is 0.370 e. The molecule has 22 nitrogen and oxygen atoms in total. The molecule has 1 aliphatic heterocycles. The Bertz CT molecular complexity index is 2300. The van der Waals surface area contributed by atoms with Gasteiger partial charge in [0.15, 0.2) is 5.96 Å². The van der Waals surface area contributed by atoms with Gasteiger partial charge in [0.05, 0.1) is 12.9 Å². The zero-order chi connectivity index (χ0) is 50.0. The van der Waals surface area contributed by atoms with Crippen LogP contribution in [-0.2, 0) is 57.6 Å². The molecule has 22 heteroatoms.